The van der Waals surface area contributed by atoms with Crippen LogP contribution in [0.2, 0.25) is 5.02 Å². The Morgan fingerprint density at radius 2 is 1.75 bits per heavy atom. The van der Waals surface area contributed by atoms with E-state index < -0.39 is 0 Å². The lowest BCUT2D eigenvalue weighted by Gasteiger charge is -2.09. The summed E-state index contributed by atoms with van der Waals surface area (Å²) in [5.74, 6) is 0. The van der Waals surface area contributed by atoms with Crippen molar-refractivity contribution in [1.82, 2.24) is 0 Å². The predicted molar refractivity (Wildman–Crippen MR) is 62.9 cm³/mol. The molecule has 0 bridgehead atoms. The van der Waals surface area contributed by atoms with Crippen molar-refractivity contribution in [3.05, 3.63) is 31.9 Å². The number of halogens is 2. The van der Waals surface area contributed by atoms with E-state index in [0.29, 0.717) is 0 Å². The van der Waals surface area contributed by atoms with Crippen LogP contribution in [0.5, 0.6) is 0 Å². The van der Waals surface area contributed by atoms with Crippen molar-refractivity contribution in [3.63, 3.8) is 0 Å². The first-order valence-electron chi connectivity index (χ1n) is 4.16. The van der Waals surface area contributed by atoms with Crippen molar-refractivity contribution in [2.24, 2.45) is 0 Å². The predicted octanol–water partition coefficient (Wildman–Crippen LogP) is 4.07. The molecule has 0 aliphatic heterocycles. The second kappa shape index (κ2) is 4.47. The van der Waals surface area contributed by atoms with Crippen molar-refractivity contribution in [1.29, 1.82) is 0 Å². The maximum atomic E-state index is 6.08. The quantitative estimate of drug-likeness (QED) is 0.721. The third-order valence-electron chi connectivity index (χ3n) is 2.02. The molecular formula is C10H12ClI. The Balaban J connectivity index is 3.28. The van der Waals surface area contributed by atoms with Crippen LogP contribution in [0.15, 0.2) is 12.1 Å². The molecule has 0 amide bonds. The maximum Gasteiger partial charge on any atom is 0.0441 e. The first-order valence-corrected chi connectivity index (χ1v) is 5.62. The summed E-state index contributed by atoms with van der Waals surface area (Å²) in [6, 6.07) is 4.07. The average Bonchev–Trinajstić information content (AvgIpc) is 2.08. The lowest BCUT2D eigenvalue weighted by atomic mass is 10.0. The Morgan fingerprint density at radius 3 is 2.17 bits per heavy atom. The average molecular weight is 295 g/mol. The largest absolute Gasteiger partial charge is 0.0840 e. The standard InChI is InChI=1S/C10H12ClI/c1-3-7-8(4-2)10(12)6-5-9(7)11/h5-6H,3-4H2,1-2H3. The lowest BCUT2D eigenvalue weighted by Crippen LogP contribution is -1.95. The molecule has 0 nitrogen and oxygen atoms in total. The van der Waals surface area contributed by atoms with Gasteiger partial charge in [-0.3, -0.25) is 0 Å². The third-order valence-corrected chi connectivity index (χ3v) is 3.39. The Morgan fingerprint density at radius 1 is 1.17 bits per heavy atom. The molecular weight excluding hydrogens is 282 g/mol. The topological polar surface area (TPSA) is 0 Å². The highest BCUT2D eigenvalue weighted by molar-refractivity contribution is 14.1. The van der Waals surface area contributed by atoms with Gasteiger partial charge in [0, 0.05) is 8.59 Å². The molecule has 0 spiro atoms. The Labute approximate surface area is 92.5 Å². The first-order chi connectivity index (χ1) is 5.70. The molecule has 0 heterocycles. The summed E-state index contributed by atoms with van der Waals surface area (Å²) in [5, 5.41) is 0.912. The number of hydrogen-bond acceptors (Lipinski definition) is 0. The fraction of sp³-hybridized carbons (Fsp3) is 0.400. The van der Waals surface area contributed by atoms with Gasteiger partial charge in [-0.2, -0.15) is 0 Å². The van der Waals surface area contributed by atoms with Crippen LogP contribution in [0, 0.1) is 3.57 Å². The van der Waals surface area contributed by atoms with Crippen molar-refractivity contribution in [2.45, 2.75) is 26.7 Å². The van der Waals surface area contributed by atoms with E-state index in [2.05, 4.69) is 42.5 Å². The first kappa shape index (κ1) is 10.3. The minimum absolute atomic E-state index is 0.912. The highest BCUT2D eigenvalue weighted by Gasteiger charge is 2.06. The van der Waals surface area contributed by atoms with Gasteiger partial charge in [0.05, 0.1) is 0 Å². The smallest absolute Gasteiger partial charge is 0.0441 e. The second-order valence-electron chi connectivity index (χ2n) is 2.69. The molecule has 0 saturated carbocycles. The second-order valence-corrected chi connectivity index (χ2v) is 4.26. The summed E-state index contributed by atoms with van der Waals surface area (Å²) in [4.78, 5) is 0. The molecule has 12 heavy (non-hydrogen) atoms. The van der Waals surface area contributed by atoms with Gasteiger partial charge in [-0.1, -0.05) is 25.4 Å². The zero-order valence-corrected chi connectivity index (χ0v) is 10.2. The molecule has 0 aromatic heterocycles. The zero-order chi connectivity index (χ0) is 9.14. The van der Waals surface area contributed by atoms with Gasteiger partial charge in [0.25, 0.3) is 0 Å². The summed E-state index contributed by atoms with van der Waals surface area (Å²) < 4.78 is 1.33. The van der Waals surface area contributed by atoms with Crippen molar-refractivity contribution >= 4 is 34.2 Å². The van der Waals surface area contributed by atoms with Crippen LogP contribution in [-0.4, -0.2) is 0 Å². The summed E-state index contributed by atoms with van der Waals surface area (Å²) in [6.07, 6.45) is 2.10. The maximum absolute atomic E-state index is 6.08. The van der Waals surface area contributed by atoms with E-state index in [1.54, 1.807) is 0 Å². The fourth-order valence-electron chi connectivity index (χ4n) is 1.40. The van der Waals surface area contributed by atoms with E-state index in [1.165, 1.54) is 14.7 Å². The van der Waals surface area contributed by atoms with E-state index in [-0.39, 0.29) is 0 Å². The van der Waals surface area contributed by atoms with Crippen molar-refractivity contribution in [2.75, 3.05) is 0 Å². The van der Waals surface area contributed by atoms with Gasteiger partial charge in [0.15, 0.2) is 0 Å². The summed E-state index contributed by atoms with van der Waals surface area (Å²) in [5.41, 5.74) is 2.72. The van der Waals surface area contributed by atoms with E-state index in [4.69, 9.17) is 11.6 Å². The van der Waals surface area contributed by atoms with Crippen LogP contribution in [0.1, 0.15) is 25.0 Å². The third kappa shape index (κ3) is 1.94. The van der Waals surface area contributed by atoms with Crippen molar-refractivity contribution in [3.8, 4) is 0 Å². The van der Waals surface area contributed by atoms with Gasteiger partial charge in [0.1, 0.15) is 0 Å². The zero-order valence-electron chi connectivity index (χ0n) is 7.32. The van der Waals surface area contributed by atoms with Gasteiger partial charge >= 0.3 is 0 Å². The minimum atomic E-state index is 0.912. The summed E-state index contributed by atoms with van der Waals surface area (Å²) >= 11 is 8.44. The fourth-order valence-corrected chi connectivity index (χ4v) is 2.60. The van der Waals surface area contributed by atoms with Crippen LogP contribution >= 0.6 is 34.2 Å². The van der Waals surface area contributed by atoms with Gasteiger partial charge in [0.2, 0.25) is 0 Å². The molecule has 66 valence electrons. The molecule has 0 atom stereocenters. The molecule has 0 aliphatic rings. The molecule has 2 heteroatoms. The monoisotopic (exact) mass is 294 g/mol. The number of benzene rings is 1. The van der Waals surface area contributed by atoms with Crippen LogP contribution in [-0.2, 0) is 12.8 Å². The molecule has 0 saturated heterocycles. The van der Waals surface area contributed by atoms with Crippen LogP contribution in [0.3, 0.4) is 0 Å². The summed E-state index contributed by atoms with van der Waals surface area (Å²) in [6.45, 7) is 4.32. The molecule has 1 aromatic rings. The molecule has 0 N–H and O–H groups in total. The Kier molecular flexibility index (Phi) is 3.84. The lowest BCUT2D eigenvalue weighted by molar-refractivity contribution is 1.03. The number of rotatable bonds is 2. The normalized spacial score (nSPS) is 10.3. The highest BCUT2D eigenvalue weighted by atomic mass is 127. The van der Waals surface area contributed by atoms with Gasteiger partial charge in [-0.05, 0) is 58.7 Å². The van der Waals surface area contributed by atoms with Crippen LogP contribution in [0.4, 0.5) is 0 Å². The molecule has 0 unspecified atom stereocenters. The molecule has 0 fully saturated rings. The molecule has 1 aromatic carbocycles. The Bertz CT molecular complexity index is 252. The summed E-state index contributed by atoms with van der Waals surface area (Å²) in [7, 11) is 0. The minimum Gasteiger partial charge on any atom is -0.0840 e. The number of hydrogen-bond donors (Lipinski definition) is 0. The van der Waals surface area contributed by atoms with Gasteiger partial charge < -0.3 is 0 Å². The molecule has 1 rings (SSSR count). The van der Waals surface area contributed by atoms with E-state index in [0.717, 1.165) is 17.9 Å². The highest BCUT2D eigenvalue weighted by Crippen LogP contribution is 2.25. The van der Waals surface area contributed by atoms with Gasteiger partial charge in [-0.25, -0.2) is 0 Å². The molecule has 0 aliphatic carbocycles. The Hall–Kier alpha value is 0.240. The van der Waals surface area contributed by atoms with Gasteiger partial charge in [-0.15, -0.1) is 0 Å². The van der Waals surface area contributed by atoms with E-state index >= 15 is 0 Å². The van der Waals surface area contributed by atoms with E-state index in [1.807, 2.05) is 6.07 Å². The van der Waals surface area contributed by atoms with Crippen molar-refractivity contribution < 1.29 is 0 Å². The SMILES string of the molecule is CCc1c(Cl)ccc(I)c1CC. The molecule has 0 radical (unpaired) electrons. The van der Waals surface area contributed by atoms with Crippen LogP contribution in [0.25, 0.3) is 0 Å². The van der Waals surface area contributed by atoms with Crippen LogP contribution < -0.4 is 0 Å². The van der Waals surface area contributed by atoms with E-state index in [9.17, 15) is 0 Å².